The van der Waals surface area contributed by atoms with Crippen molar-refractivity contribution in [1.29, 1.82) is 0 Å². The predicted octanol–water partition coefficient (Wildman–Crippen LogP) is 0.207. The van der Waals surface area contributed by atoms with Crippen molar-refractivity contribution in [2.45, 2.75) is 12.5 Å². The second-order valence-corrected chi connectivity index (χ2v) is 4.26. The summed E-state index contributed by atoms with van der Waals surface area (Å²) in [5.41, 5.74) is -2.46. The van der Waals surface area contributed by atoms with Crippen LogP contribution in [-0.2, 0) is 0 Å². The number of amides is 1. The monoisotopic (exact) mass is 272 g/mol. The summed E-state index contributed by atoms with van der Waals surface area (Å²) in [6.07, 6.45) is 0. The van der Waals surface area contributed by atoms with Gasteiger partial charge in [-0.05, 0) is 13.0 Å². The van der Waals surface area contributed by atoms with Gasteiger partial charge in [0.15, 0.2) is 0 Å². The van der Waals surface area contributed by atoms with Crippen molar-refractivity contribution < 1.29 is 24.3 Å². The van der Waals surface area contributed by atoms with E-state index in [1.54, 1.807) is 0 Å². The van der Waals surface area contributed by atoms with Gasteiger partial charge in [-0.25, -0.2) is 4.39 Å². The van der Waals surface area contributed by atoms with Crippen molar-refractivity contribution in [3.05, 3.63) is 39.7 Å². The summed E-state index contributed by atoms with van der Waals surface area (Å²) >= 11 is 0. The zero-order chi connectivity index (χ0) is 14.6. The molecule has 1 aromatic rings. The number of hydrogen-bond donors (Lipinski definition) is 3. The fraction of sp³-hybridized carbons (Fsp3) is 0.364. The molecule has 0 aliphatic rings. The minimum Gasteiger partial charge on any atom is -0.393 e. The molecule has 0 saturated heterocycles. The van der Waals surface area contributed by atoms with E-state index in [1.165, 1.54) is 6.92 Å². The highest BCUT2D eigenvalue weighted by molar-refractivity contribution is 5.95. The fourth-order valence-electron chi connectivity index (χ4n) is 1.22. The molecular formula is C11H13FN2O5. The van der Waals surface area contributed by atoms with E-state index in [9.17, 15) is 24.4 Å². The van der Waals surface area contributed by atoms with Crippen LogP contribution in [0.25, 0.3) is 0 Å². The van der Waals surface area contributed by atoms with Crippen LogP contribution in [0.5, 0.6) is 0 Å². The molecule has 0 radical (unpaired) electrons. The smallest absolute Gasteiger partial charge is 0.270 e. The number of rotatable bonds is 5. The van der Waals surface area contributed by atoms with Gasteiger partial charge in [0, 0.05) is 18.7 Å². The van der Waals surface area contributed by atoms with Gasteiger partial charge in [0.05, 0.1) is 17.1 Å². The van der Waals surface area contributed by atoms with Gasteiger partial charge in [-0.1, -0.05) is 0 Å². The van der Waals surface area contributed by atoms with Crippen LogP contribution in [-0.4, -0.2) is 39.8 Å². The Balaban J connectivity index is 2.88. The first-order chi connectivity index (χ1) is 8.76. The molecule has 104 valence electrons. The van der Waals surface area contributed by atoms with E-state index in [2.05, 4.69) is 5.32 Å². The van der Waals surface area contributed by atoms with Crippen molar-refractivity contribution >= 4 is 11.6 Å². The Labute approximate surface area is 107 Å². The number of non-ortho nitro benzene ring substituents is 1. The molecule has 8 heteroatoms. The lowest BCUT2D eigenvalue weighted by atomic mass is 10.1. The summed E-state index contributed by atoms with van der Waals surface area (Å²) in [5.74, 6) is -1.82. The van der Waals surface area contributed by atoms with Gasteiger partial charge in [0.1, 0.15) is 11.4 Å². The van der Waals surface area contributed by atoms with Gasteiger partial charge in [0.25, 0.3) is 11.6 Å². The quantitative estimate of drug-likeness (QED) is 0.523. The predicted molar refractivity (Wildman–Crippen MR) is 63.1 cm³/mol. The van der Waals surface area contributed by atoms with E-state index in [-0.39, 0.29) is 6.54 Å². The number of carbonyl (C=O) groups is 1. The third-order valence-corrected chi connectivity index (χ3v) is 2.38. The fourth-order valence-corrected chi connectivity index (χ4v) is 1.22. The SMILES string of the molecule is CC(O)(CO)CNC(=O)c1cc([N+](=O)[O-])ccc1F. The van der Waals surface area contributed by atoms with Gasteiger partial charge in [-0.2, -0.15) is 0 Å². The van der Waals surface area contributed by atoms with Crippen LogP contribution in [0.15, 0.2) is 18.2 Å². The molecule has 19 heavy (non-hydrogen) atoms. The second-order valence-electron chi connectivity index (χ2n) is 4.26. The first-order valence-electron chi connectivity index (χ1n) is 5.32. The molecule has 0 aliphatic carbocycles. The van der Waals surface area contributed by atoms with Crippen molar-refractivity contribution in [3.8, 4) is 0 Å². The Bertz CT molecular complexity index is 504. The molecule has 0 saturated carbocycles. The molecule has 0 fully saturated rings. The summed E-state index contributed by atoms with van der Waals surface area (Å²) in [4.78, 5) is 21.4. The first kappa shape index (κ1) is 15.0. The maximum atomic E-state index is 13.4. The topological polar surface area (TPSA) is 113 Å². The van der Waals surface area contributed by atoms with Crippen LogP contribution >= 0.6 is 0 Å². The first-order valence-corrected chi connectivity index (χ1v) is 5.32. The van der Waals surface area contributed by atoms with Crippen LogP contribution in [0.4, 0.5) is 10.1 Å². The van der Waals surface area contributed by atoms with Gasteiger partial charge in [-0.3, -0.25) is 14.9 Å². The minimum atomic E-state index is -1.55. The number of nitro benzene ring substituents is 1. The molecule has 1 amide bonds. The Morgan fingerprint density at radius 1 is 1.58 bits per heavy atom. The Kier molecular flexibility index (Phi) is 4.52. The molecule has 1 aromatic carbocycles. The summed E-state index contributed by atoms with van der Waals surface area (Å²) < 4.78 is 13.4. The van der Waals surface area contributed by atoms with Crippen LogP contribution in [0.2, 0.25) is 0 Å². The molecule has 3 N–H and O–H groups in total. The van der Waals surface area contributed by atoms with E-state index in [1.807, 2.05) is 0 Å². The van der Waals surface area contributed by atoms with Crippen LogP contribution in [0.3, 0.4) is 0 Å². The number of hydrogen-bond acceptors (Lipinski definition) is 5. The molecule has 0 bridgehead atoms. The summed E-state index contributed by atoms with van der Waals surface area (Å²) in [7, 11) is 0. The van der Waals surface area contributed by atoms with E-state index in [0.29, 0.717) is 0 Å². The number of benzene rings is 1. The molecule has 7 nitrogen and oxygen atoms in total. The van der Waals surface area contributed by atoms with Crippen molar-refractivity contribution in [1.82, 2.24) is 5.32 Å². The third kappa shape index (κ3) is 3.97. The molecule has 0 aromatic heterocycles. The number of carbonyl (C=O) groups excluding carboxylic acids is 1. The highest BCUT2D eigenvalue weighted by atomic mass is 19.1. The standard InChI is InChI=1S/C11H13FN2O5/c1-11(17,6-15)5-13-10(16)8-4-7(14(18)19)2-3-9(8)12/h2-4,15,17H,5-6H2,1H3,(H,13,16). The maximum absolute atomic E-state index is 13.4. The number of nitrogens with one attached hydrogen (secondary N) is 1. The summed E-state index contributed by atoms with van der Waals surface area (Å²) in [6.45, 7) is 0.367. The van der Waals surface area contributed by atoms with Gasteiger partial charge in [0.2, 0.25) is 0 Å². The molecular weight excluding hydrogens is 259 g/mol. The highest BCUT2D eigenvalue weighted by Gasteiger charge is 2.22. The van der Waals surface area contributed by atoms with Crippen molar-refractivity contribution in [2.24, 2.45) is 0 Å². The molecule has 0 spiro atoms. The normalized spacial score (nSPS) is 13.7. The average molecular weight is 272 g/mol. The van der Waals surface area contributed by atoms with Crippen LogP contribution in [0.1, 0.15) is 17.3 Å². The zero-order valence-electron chi connectivity index (χ0n) is 10.1. The molecule has 0 aliphatic heterocycles. The third-order valence-electron chi connectivity index (χ3n) is 2.38. The van der Waals surface area contributed by atoms with E-state index >= 15 is 0 Å². The lowest BCUT2D eigenvalue weighted by Crippen LogP contribution is -2.43. The van der Waals surface area contributed by atoms with Crippen molar-refractivity contribution in [2.75, 3.05) is 13.2 Å². The largest absolute Gasteiger partial charge is 0.393 e. The van der Waals surface area contributed by atoms with Gasteiger partial charge >= 0.3 is 0 Å². The molecule has 1 atom stereocenters. The zero-order valence-corrected chi connectivity index (χ0v) is 10.1. The van der Waals surface area contributed by atoms with E-state index in [0.717, 1.165) is 18.2 Å². The number of aliphatic hydroxyl groups excluding tert-OH is 1. The number of nitro groups is 1. The average Bonchev–Trinajstić information content (AvgIpc) is 2.36. The van der Waals surface area contributed by atoms with Crippen LogP contribution in [0, 0.1) is 15.9 Å². The minimum absolute atomic E-state index is 0.315. The summed E-state index contributed by atoms with van der Waals surface area (Å²) in [6, 6.07) is 2.56. The van der Waals surface area contributed by atoms with Gasteiger partial charge < -0.3 is 15.5 Å². The lowest BCUT2D eigenvalue weighted by molar-refractivity contribution is -0.384. The van der Waals surface area contributed by atoms with E-state index < -0.39 is 40.1 Å². The Morgan fingerprint density at radius 3 is 2.74 bits per heavy atom. The maximum Gasteiger partial charge on any atom is 0.270 e. The lowest BCUT2D eigenvalue weighted by Gasteiger charge is -2.20. The number of nitrogens with zero attached hydrogens (tertiary/aromatic N) is 1. The summed E-state index contributed by atoms with van der Waals surface area (Å²) in [5, 5.41) is 31.0. The number of halogens is 1. The van der Waals surface area contributed by atoms with Crippen LogP contribution < -0.4 is 5.32 Å². The number of aliphatic hydroxyl groups is 2. The van der Waals surface area contributed by atoms with Gasteiger partial charge in [-0.15, -0.1) is 0 Å². The Hall–Kier alpha value is -2.06. The molecule has 1 rings (SSSR count). The molecule has 1 unspecified atom stereocenters. The van der Waals surface area contributed by atoms with E-state index in [4.69, 9.17) is 5.11 Å². The Morgan fingerprint density at radius 2 is 2.21 bits per heavy atom. The second kappa shape index (κ2) is 5.72. The molecule has 0 heterocycles. The highest BCUT2D eigenvalue weighted by Crippen LogP contribution is 2.16. The van der Waals surface area contributed by atoms with Crippen molar-refractivity contribution in [3.63, 3.8) is 0 Å².